The number of rotatable bonds is 2. The molecule has 0 amide bonds. The molecule has 2 rings (SSSR count). The zero-order valence-electron chi connectivity index (χ0n) is 9.14. The number of aromatic nitrogens is 1. The molecule has 1 saturated heterocycles. The first-order chi connectivity index (χ1) is 7.11. The van der Waals surface area contributed by atoms with E-state index in [4.69, 9.17) is 4.74 Å². The lowest BCUT2D eigenvalue weighted by Gasteiger charge is -2.15. The molecular formula is C11H15NO2S. The second-order valence-electron chi connectivity index (χ2n) is 4.17. The average Bonchev–Trinajstić information content (AvgIpc) is 2.76. The highest BCUT2D eigenvalue weighted by Gasteiger charge is 2.42. The van der Waals surface area contributed by atoms with E-state index < -0.39 is 0 Å². The highest BCUT2D eigenvalue weighted by atomic mass is 32.1. The summed E-state index contributed by atoms with van der Waals surface area (Å²) in [4.78, 5) is 12.9. The van der Waals surface area contributed by atoms with E-state index in [1.54, 1.807) is 12.3 Å². The molecule has 1 fully saturated rings. The fourth-order valence-corrected chi connectivity index (χ4v) is 2.81. The minimum absolute atomic E-state index is 0.0135. The Morgan fingerprint density at radius 1 is 1.40 bits per heavy atom. The van der Waals surface area contributed by atoms with Crippen LogP contribution in [0.15, 0.2) is 12.3 Å². The lowest BCUT2D eigenvalue weighted by molar-refractivity contribution is 0.0492. The molecule has 0 bridgehead atoms. The molecule has 2 heterocycles. The quantitative estimate of drug-likeness (QED) is 0.725. The molecule has 1 aliphatic rings. The van der Waals surface area contributed by atoms with Gasteiger partial charge >= 0.3 is 0 Å². The van der Waals surface area contributed by atoms with Crippen LogP contribution >= 0.6 is 11.5 Å². The average molecular weight is 225 g/mol. The maximum Gasteiger partial charge on any atom is 0.180 e. The highest BCUT2D eigenvalue weighted by molar-refractivity contribution is 7.08. The Kier molecular flexibility index (Phi) is 2.89. The Morgan fingerprint density at radius 3 is 2.60 bits per heavy atom. The molecule has 4 atom stereocenters. The largest absolute Gasteiger partial charge is 0.374 e. The minimum atomic E-state index is -0.0135. The summed E-state index contributed by atoms with van der Waals surface area (Å²) in [6.45, 7) is 6.09. The lowest BCUT2D eigenvalue weighted by atomic mass is 9.85. The van der Waals surface area contributed by atoms with Gasteiger partial charge in [-0.05, 0) is 37.4 Å². The molecule has 82 valence electrons. The van der Waals surface area contributed by atoms with Crippen molar-refractivity contribution in [1.29, 1.82) is 0 Å². The van der Waals surface area contributed by atoms with Crippen molar-refractivity contribution in [2.75, 3.05) is 0 Å². The summed E-state index contributed by atoms with van der Waals surface area (Å²) in [6.07, 6.45) is 1.86. The third-order valence-corrected chi connectivity index (χ3v) is 3.99. The molecule has 3 nitrogen and oxygen atoms in total. The summed E-state index contributed by atoms with van der Waals surface area (Å²) >= 11 is 1.27. The second-order valence-corrected chi connectivity index (χ2v) is 5.01. The first-order valence-electron chi connectivity index (χ1n) is 5.21. The highest BCUT2D eigenvalue weighted by Crippen LogP contribution is 2.34. The zero-order chi connectivity index (χ0) is 11.0. The van der Waals surface area contributed by atoms with E-state index in [1.807, 2.05) is 13.8 Å². The van der Waals surface area contributed by atoms with Gasteiger partial charge in [0.2, 0.25) is 0 Å². The van der Waals surface area contributed by atoms with Crippen molar-refractivity contribution >= 4 is 17.3 Å². The van der Waals surface area contributed by atoms with Gasteiger partial charge in [-0.1, -0.05) is 6.92 Å². The molecule has 1 aliphatic heterocycles. The molecule has 0 N–H and O–H groups in total. The van der Waals surface area contributed by atoms with Crippen molar-refractivity contribution in [3.05, 3.63) is 17.1 Å². The van der Waals surface area contributed by atoms with Crippen LogP contribution in [-0.4, -0.2) is 22.4 Å². The summed E-state index contributed by atoms with van der Waals surface area (Å²) in [5.41, 5.74) is 0. The standard InChI is InChI=1S/C11H15NO2S/c1-6-7(2)14-8(3)10(6)11(13)9-4-5-12-15-9/h4-8,10H,1-3H3. The van der Waals surface area contributed by atoms with Crippen LogP contribution in [0.2, 0.25) is 0 Å². The molecule has 1 aromatic rings. The summed E-state index contributed by atoms with van der Waals surface area (Å²) in [7, 11) is 0. The number of carbonyl (C=O) groups is 1. The van der Waals surface area contributed by atoms with Gasteiger partial charge in [0.05, 0.1) is 23.0 Å². The third kappa shape index (κ3) is 1.84. The Labute approximate surface area is 93.6 Å². The van der Waals surface area contributed by atoms with Gasteiger partial charge in [0.1, 0.15) is 0 Å². The zero-order valence-corrected chi connectivity index (χ0v) is 9.95. The summed E-state index contributed by atoms with van der Waals surface area (Å²) in [5, 5.41) is 0. The van der Waals surface area contributed by atoms with E-state index in [0.717, 1.165) is 4.88 Å². The normalized spacial score (nSPS) is 35.7. The van der Waals surface area contributed by atoms with Crippen molar-refractivity contribution in [1.82, 2.24) is 4.37 Å². The Bertz CT molecular complexity index is 349. The molecule has 0 aromatic carbocycles. The van der Waals surface area contributed by atoms with Crippen LogP contribution in [-0.2, 0) is 4.74 Å². The number of Topliss-reactive ketones (excluding diaryl/α,β-unsaturated/α-hetero) is 1. The van der Waals surface area contributed by atoms with Gasteiger partial charge < -0.3 is 4.74 Å². The second kappa shape index (κ2) is 4.02. The van der Waals surface area contributed by atoms with Crippen LogP contribution in [0, 0.1) is 11.8 Å². The molecule has 4 heteroatoms. The minimum Gasteiger partial charge on any atom is -0.374 e. The van der Waals surface area contributed by atoms with E-state index in [0.29, 0.717) is 0 Å². The van der Waals surface area contributed by atoms with Crippen LogP contribution < -0.4 is 0 Å². The number of nitrogens with zero attached hydrogens (tertiary/aromatic N) is 1. The topological polar surface area (TPSA) is 39.2 Å². The van der Waals surface area contributed by atoms with E-state index in [1.165, 1.54) is 11.5 Å². The molecule has 1 aromatic heterocycles. The van der Waals surface area contributed by atoms with Crippen LogP contribution in [0.1, 0.15) is 30.4 Å². The van der Waals surface area contributed by atoms with Gasteiger partial charge in [0.25, 0.3) is 0 Å². The molecular weight excluding hydrogens is 210 g/mol. The van der Waals surface area contributed by atoms with Crippen molar-refractivity contribution in [3.8, 4) is 0 Å². The summed E-state index contributed by atoms with van der Waals surface area (Å²) < 4.78 is 9.63. The molecule has 0 aliphatic carbocycles. The van der Waals surface area contributed by atoms with Gasteiger partial charge in [-0.2, -0.15) is 0 Å². The Hall–Kier alpha value is -0.740. The smallest absolute Gasteiger partial charge is 0.180 e. The number of hydrogen-bond donors (Lipinski definition) is 0. The maximum absolute atomic E-state index is 12.2. The van der Waals surface area contributed by atoms with E-state index in [9.17, 15) is 4.79 Å². The molecule has 0 spiro atoms. The van der Waals surface area contributed by atoms with Gasteiger partial charge in [0, 0.05) is 6.20 Å². The van der Waals surface area contributed by atoms with E-state index >= 15 is 0 Å². The number of ether oxygens (including phenoxy) is 1. The number of ketones is 1. The predicted molar refractivity (Wildman–Crippen MR) is 59.1 cm³/mol. The SMILES string of the molecule is CC1OC(C)C(C(=O)c2ccns2)C1C. The van der Waals surface area contributed by atoms with Crippen molar-refractivity contribution in [2.45, 2.75) is 33.0 Å². The third-order valence-electron chi connectivity index (χ3n) is 3.23. The van der Waals surface area contributed by atoms with E-state index in [2.05, 4.69) is 11.3 Å². The van der Waals surface area contributed by atoms with Crippen molar-refractivity contribution in [2.24, 2.45) is 11.8 Å². The maximum atomic E-state index is 12.2. The predicted octanol–water partition coefficient (Wildman–Crippen LogP) is 2.39. The van der Waals surface area contributed by atoms with Crippen LogP contribution in [0.25, 0.3) is 0 Å². The van der Waals surface area contributed by atoms with Gasteiger partial charge in [-0.25, -0.2) is 4.37 Å². The molecule has 15 heavy (non-hydrogen) atoms. The number of hydrogen-bond acceptors (Lipinski definition) is 4. The first-order valence-corrected chi connectivity index (χ1v) is 5.99. The Balaban J connectivity index is 2.20. The van der Waals surface area contributed by atoms with Crippen LogP contribution in [0.3, 0.4) is 0 Å². The Morgan fingerprint density at radius 2 is 2.13 bits per heavy atom. The van der Waals surface area contributed by atoms with Gasteiger partial charge in [0.15, 0.2) is 5.78 Å². The number of carbonyl (C=O) groups excluding carboxylic acids is 1. The van der Waals surface area contributed by atoms with Gasteiger partial charge in [-0.3, -0.25) is 4.79 Å². The molecule has 0 saturated carbocycles. The first kappa shape index (κ1) is 10.8. The van der Waals surface area contributed by atoms with Crippen molar-refractivity contribution in [3.63, 3.8) is 0 Å². The van der Waals surface area contributed by atoms with Crippen LogP contribution in [0.4, 0.5) is 0 Å². The van der Waals surface area contributed by atoms with E-state index in [-0.39, 0.29) is 29.8 Å². The molecule has 0 radical (unpaired) electrons. The fourth-order valence-electron chi connectivity index (χ4n) is 2.23. The van der Waals surface area contributed by atoms with Crippen molar-refractivity contribution < 1.29 is 9.53 Å². The summed E-state index contributed by atoms with van der Waals surface area (Å²) in [5.74, 6) is 0.455. The van der Waals surface area contributed by atoms with Crippen LogP contribution in [0.5, 0.6) is 0 Å². The molecule has 4 unspecified atom stereocenters. The fraction of sp³-hybridized carbons (Fsp3) is 0.636. The monoisotopic (exact) mass is 225 g/mol. The van der Waals surface area contributed by atoms with Gasteiger partial charge in [-0.15, -0.1) is 0 Å². The summed E-state index contributed by atoms with van der Waals surface area (Å²) in [6, 6.07) is 1.79. The lowest BCUT2D eigenvalue weighted by Crippen LogP contribution is -2.26.